The summed E-state index contributed by atoms with van der Waals surface area (Å²) < 4.78 is 4.60. The molecule has 36 heavy (non-hydrogen) atoms. The smallest absolute Gasteiger partial charge is 0.336 e. The molecule has 1 aliphatic heterocycles. The molecule has 0 unspecified atom stereocenters. The zero-order chi connectivity index (χ0) is 25.0. The van der Waals surface area contributed by atoms with Crippen molar-refractivity contribution in [2.75, 3.05) is 13.1 Å². The second-order valence-electron chi connectivity index (χ2n) is 8.89. The molecule has 11 heteroatoms. The highest BCUT2D eigenvalue weighted by molar-refractivity contribution is 6.37. The van der Waals surface area contributed by atoms with Crippen molar-refractivity contribution in [3.63, 3.8) is 0 Å². The van der Waals surface area contributed by atoms with Gasteiger partial charge in [-0.05, 0) is 51.1 Å². The largest absolute Gasteiger partial charge is 0.339 e. The molecule has 6 rings (SSSR count). The third-order valence-electron chi connectivity index (χ3n) is 6.83. The summed E-state index contributed by atoms with van der Waals surface area (Å²) in [6, 6.07) is 7.14. The van der Waals surface area contributed by atoms with E-state index < -0.39 is 11.2 Å². The van der Waals surface area contributed by atoms with Crippen LogP contribution < -0.4 is 16.6 Å². The van der Waals surface area contributed by atoms with Crippen LogP contribution >= 0.6 is 23.2 Å². The quantitative estimate of drug-likeness (QED) is 0.368. The Morgan fingerprint density at radius 1 is 1.08 bits per heavy atom. The summed E-state index contributed by atoms with van der Waals surface area (Å²) in [7, 11) is 0. The van der Waals surface area contributed by atoms with Crippen molar-refractivity contribution < 1.29 is 0 Å². The van der Waals surface area contributed by atoms with Crippen molar-refractivity contribution in [1.29, 1.82) is 0 Å². The molecular formula is C25H23Cl2N7O2. The maximum atomic E-state index is 13.6. The Morgan fingerprint density at radius 3 is 2.56 bits per heavy atom. The number of H-pyrrole nitrogens is 1. The minimum Gasteiger partial charge on any atom is -0.339 e. The summed E-state index contributed by atoms with van der Waals surface area (Å²) in [5.41, 5.74) is 1.97. The topological polar surface area (TPSA) is 103 Å². The van der Waals surface area contributed by atoms with Gasteiger partial charge >= 0.3 is 5.69 Å². The number of piperidine rings is 1. The first kappa shape index (κ1) is 23.0. The number of fused-ring (bicyclic) bond motifs is 3. The van der Waals surface area contributed by atoms with Gasteiger partial charge in [0.2, 0.25) is 0 Å². The zero-order valence-corrected chi connectivity index (χ0v) is 21.0. The lowest BCUT2D eigenvalue weighted by Crippen LogP contribution is -2.39. The minimum absolute atomic E-state index is 0.167. The van der Waals surface area contributed by atoms with E-state index in [4.69, 9.17) is 23.2 Å². The van der Waals surface area contributed by atoms with Gasteiger partial charge in [-0.3, -0.25) is 14.0 Å². The van der Waals surface area contributed by atoms with Gasteiger partial charge in [-0.2, -0.15) is 5.10 Å². The molecular weight excluding hydrogens is 501 g/mol. The van der Waals surface area contributed by atoms with Crippen LogP contribution in [-0.2, 0) is 6.54 Å². The molecule has 0 atom stereocenters. The number of pyridine rings is 1. The van der Waals surface area contributed by atoms with E-state index in [0.29, 0.717) is 34.5 Å². The lowest BCUT2D eigenvalue weighted by Gasteiger charge is -2.22. The van der Waals surface area contributed by atoms with Gasteiger partial charge in [-0.1, -0.05) is 29.3 Å². The molecule has 0 aliphatic carbocycles. The first-order valence-corrected chi connectivity index (χ1v) is 12.6. The van der Waals surface area contributed by atoms with Gasteiger partial charge in [-0.15, -0.1) is 0 Å². The number of hydrogen-bond donors (Lipinski definition) is 2. The van der Waals surface area contributed by atoms with Crippen LogP contribution in [0.3, 0.4) is 0 Å². The second-order valence-corrected chi connectivity index (χ2v) is 9.71. The lowest BCUT2D eigenvalue weighted by molar-refractivity contribution is 0.343. The van der Waals surface area contributed by atoms with Crippen LogP contribution in [0.5, 0.6) is 0 Å². The highest BCUT2D eigenvalue weighted by Gasteiger charge is 2.22. The SMILES string of the molecule is CCn1c(=O)n(-c2c(Cl)cccc2Cl)c(=O)c2cnc3[nH]c(-c4cnn(C5CCNCC5)c4)cc3c21. The van der Waals surface area contributed by atoms with Crippen LogP contribution in [0.15, 0.2) is 52.4 Å². The average molecular weight is 524 g/mol. The molecule has 0 radical (unpaired) electrons. The summed E-state index contributed by atoms with van der Waals surface area (Å²) in [5.74, 6) is 0. The van der Waals surface area contributed by atoms with Crippen LogP contribution in [0.25, 0.3) is 38.9 Å². The van der Waals surface area contributed by atoms with E-state index in [1.54, 1.807) is 22.8 Å². The summed E-state index contributed by atoms with van der Waals surface area (Å²) in [4.78, 5) is 35.0. The molecule has 1 aromatic carbocycles. The Morgan fingerprint density at radius 2 is 1.83 bits per heavy atom. The van der Waals surface area contributed by atoms with Gasteiger partial charge in [0, 0.05) is 29.9 Å². The third-order valence-corrected chi connectivity index (χ3v) is 7.44. The highest BCUT2D eigenvalue weighted by Crippen LogP contribution is 2.30. The number of aryl methyl sites for hydroxylation is 1. The van der Waals surface area contributed by atoms with E-state index in [9.17, 15) is 9.59 Å². The van der Waals surface area contributed by atoms with Crippen LogP contribution in [0.4, 0.5) is 0 Å². The monoisotopic (exact) mass is 523 g/mol. The van der Waals surface area contributed by atoms with Crippen molar-refractivity contribution in [3.8, 4) is 16.9 Å². The number of benzene rings is 1. The molecule has 5 aromatic rings. The summed E-state index contributed by atoms with van der Waals surface area (Å²) in [5, 5.41) is 9.38. The van der Waals surface area contributed by atoms with E-state index in [1.807, 2.05) is 30.1 Å². The summed E-state index contributed by atoms with van der Waals surface area (Å²) in [6.45, 7) is 4.15. The average Bonchev–Trinajstić information content (AvgIpc) is 3.54. The highest BCUT2D eigenvalue weighted by atomic mass is 35.5. The Bertz CT molecular complexity index is 1720. The van der Waals surface area contributed by atoms with Crippen molar-refractivity contribution in [2.45, 2.75) is 32.4 Å². The molecule has 1 fully saturated rings. The summed E-state index contributed by atoms with van der Waals surface area (Å²) >= 11 is 12.7. The number of rotatable bonds is 4. The molecule has 4 aromatic heterocycles. The van der Waals surface area contributed by atoms with E-state index in [1.165, 1.54) is 6.20 Å². The molecule has 2 N–H and O–H groups in total. The van der Waals surface area contributed by atoms with Crippen LogP contribution in [0, 0.1) is 0 Å². The molecule has 0 spiro atoms. The number of aromatic nitrogens is 6. The normalized spacial score (nSPS) is 14.8. The molecule has 1 aliphatic rings. The predicted molar refractivity (Wildman–Crippen MR) is 142 cm³/mol. The molecule has 0 saturated carbocycles. The van der Waals surface area contributed by atoms with Gasteiger partial charge in [0.1, 0.15) is 5.65 Å². The van der Waals surface area contributed by atoms with Crippen molar-refractivity contribution >= 4 is 45.1 Å². The fourth-order valence-corrected chi connectivity index (χ4v) is 5.60. The van der Waals surface area contributed by atoms with Crippen LogP contribution in [0.2, 0.25) is 10.0 Å². The Balaban J connectivity index is 1.55. The van der Waals surface area contributed by atoms with Crippen molar-refractivity contribution in [2.24, 2.45) is 0 Å². The third kappa shape index (κ3) is 3.57. The minimum atomic E-state index is -0.523. The number of hydrogen-bond acceptors (Lipinski definition) is 5. The van der Waals surface area contributed by atoms with E-state index in [0.717, 1.165) is 41.8 Å². The molecule has 184 valence electrons. The molecule has 9 nitrogen and oxygen atoms in total. The zero-order valence-electron chi connectivity index (χ0n) is 19.5. The van der Waals surface area contributed by atoms with Gasteiger partial charge in [-0.25, -0.2) is 14.3 Å². The first-order valence-electron chi connectivity index (χ1n) is 11.8. The van der Waals surface area contributed by atoms with E-state index >= 15 is 0 Å². The standard InChI is InChI=1S/C25H23Cl2N7O2/c1-2-32-21-16-10-20(14-11-30-33(13-14)15-6-8-28-9-7-15)31-23(16)29-12-17(21)24(35)34(25(32)36)22-18(26)4-3-5-19(22)27/h3-5,10-13,15,28H,2,6-9H2,1H3,(H,29,31). The maximum Gasteiger partial charge on any atom is 0.336 e. The van der Waals surface area contributed by atoms with E-state index in [-0.39, 0.29) is 15.7 Å². The molecule has 0 amide bonds. The number of aromatic amines is 1. The van der Waals surface area contributed by atoms with Crippen molar-refractivity contribution in [3.05, 3.63) is 73.7 Å². The fraction of sp³-hybridized carbons (Fsp3) is 0.280. The van der Waals surface area contributed by atoms with Crippen molar-refractivity contribution in [1.82, 2.24) is 34.2 Å². The second kappa shape index (κ2) is 8.92. The fourth-order valence-electron chi connectivity index (χ4n) is 5.03. The molecule has 5 heterocycles. The molecule has 1 saturated heterocycles. The van der Waals surface area contributed by atoms with Gasteiger partial charge in [0.05, 0.1) is 44.6 Å². The number of nitrogens with zero attached hydrogens (tertiary/aromatic N) is 5. The maximum absolute atomic E-state index is 13.6. The lowest BCUT2D eigenvalue weighted by atomic mass is 10.1. The Kier molecular flexibility index (Phi) is 5.70. The van der Waals surface area contributed by atoms with Gasteiger partial charge < -0.3 is 10.3 Å². The summed E-state index contributed by atoms with van der Waals surface area (Å²) in [6.07, 6.45) is 7.41. The van der Waals surface area contributed by atoms with Crippen LogP contribution in [0.1, 0.15) is 25.8 Å². The Labute approximate surface area is 215 Å². The van der Waals surface area contributed by atoms with E-state index in [2.05, 4.69) is 20.4 Å². The first-order chi connectivity index (χ1) is 17.5. The number of halogens is 2. The van der Waals surface area contributed by atoms with Crippen LogP contribution in [-0.4, -0.2) is 42.0 Å². The molecule has 0 bridgehead atoms. The van der Waals surface area contributed by atoms with Gasteiger partial charge in [0.15, 0.2) is 0 Å². The predicted octanol–water partition coefficient (Wildman–Crippen LogP) is 4.14. The van der Waals surface area contributed by atoms with Gasteiger partial charge in [0.25, 0.3) is 5.56 Å². The Hall–Kier alpha value is -3.40. The number of para-hydroxylation sites is 1. The number of nitrogens with one attached hydrogen (secondary N) is 2.